The Hall–Kier alpha value is -1.41. The van der Waals surface area contributed by atoms with Gasteiger partial charge < -0.3 is 9.30 Å². The molecule has 0 aliphatic carbocycles. The zero-order valence-corrected chi connectivity index (χ0v) is 12.9. The first-order chi connectivity index (χ1) is 9.37. The van der Waals surface area contributed by atoms with Gasteiger partial charge in [0.05, 0.1) is 18.7 Å². The molecule has 0 amide bonds. The Balaban J connectivity index is 2.62. The highest BCUT2D eigenvalue weighted by Gasteiger charge is 2.21. The minimum Gasteiger partial charge on any atom is -0.479 e. The van der Waals surface area contributed by atoms with Crippen LogP contribution in [0.4, 0.5) is 0 Å². The molecule has 0 saturated carbocycles. The Morgan fingerprint density at radius 2 is 2.15 bits per heavy atom. The molecule has 0 radical (unpaired) electrons. The van der Waals surface area contributed by atoms with Crippen LogP contribution in [0.5, 0.6) is 5.88 Å². The van der Waals surface area contributed by atoms with Crippen molar-refractivity contribution in [3.63, 3.8) is 0 Å². The first-order valence-corrected chi connectivity index (χ1v) is 8.46. The lowest BCUT2D eigenvalue weighted by atomic mass is 10.3. The monoisotopic (exact) mass is 318 g/mol. The van der Waals surface area contributed by atoms with Crippen LogP contribution in [0.1, 0.15) is 18.8 Å². The number of fused-ring (bicyclic) bond motifs is 1. The molecule has 9 heteroatoms. The van der Waals surface area contributed by atoms with Crippen LogP contribution < -0.4 is 4.74 Å². The zero-order valence-electron chi connectivity index (χ0n) is 11.4. The minimum absolute atomic E-state index is 0.0192. The summed E-state index contributed by atoms with van der Waals surface area (Å²) in [6.07, 6.45) is 2.54. The fourth-order valence-electron chi connectivity index (χ4n) is 2.15. The molecule has 0 aromatic carbocycles. The van der Waals surface area contributed by atoms with Crippen LogP contribution in [-0.2, 0) is 15.7 Å². The summed E-state index contributed by atoms with van der Waals surface area (Å²) >= 11 is 5.89. The number of hydrogen-bond donors (Lipinski definition) is 0. The van der Waals surface area contributed by atoms with E-state index in [4.69, 9.17) is 16.3 Å². The predicted octanol–water partition coefficient (Wildman–Crippen LogP) is 1.18. The van der Waals surface area contributed by atoms with Gasteiger partial charge in [-0.3, -0.25) is 0 Å². The lowest BCUT2D eigenvalue weighted by molar-refractivity contribution is 0.401. The van der Waals surface area contributed by atoms with E-state index in [1.807, 2.05) is 0 Å². The van der Waals surface area contributed by atoms with Gasteiger partial charge >= 0.3 is 0 Å². The summed E-state index contributed by atoms with van der Waals surface area (Å²) in [5, 5.41) is 0. The number of hydrogen-bond acceptors (Lipinski definition) is 6. The van der Waals surface area contributed by atoms with Gasteiger partial charge in [-0.05, 0) is 6.92 Å². The second kappa shape index (κ2) is 5.53. The van der Waals surface area contributed by atoms with Crippen molar-refractivity contribution in [2.75, 3.05) is 19.1 Å². The molecule has 0 bridgehead atoms. The normalized spacial score (nSPS) is 13.6. The number of rotatable bonds is 5. The van der Waals surface area contributed by atoms with Crippen molar-refractivity contribution in [3.05, 3.63) is 12.2 Å². The van der Waals surface area contributed by atoms with Gasteiger partial charge in [0.1, 0.15) is 22.0 Å². The summed E-state index contributed by atoms with van der Waals surface area (Å²) in [5.41, 5.74) is 0.995. The molecule has 0 fully saturated rings. The predicted molar refractivity (Wildman–Crippen MR) is 75.9 cm³/mol. The van der Waals surface area contributed by atoms with E-state index < -0.39 is 9.84 Å². The number of sulfone groups is 1. The summed E-state index contributed by atoms with van der Waals surface area (Å²) in [4.78, 5) is 12.5. The minimum atomic E-state index is -3.13. The van der Waals surface area contributed by atoms with Crippen LogP contribution in [0.25, 0.3) is 11.2 Å². The van der Waals surface area contributed by atoms with Gasteiger partial charge in [-0.2, -0.15) is 4.98 Å². The van der Waals surface area contributed by atoms with Crippen LogP contribution in [-0.4, -0.2) is 47.1 Å². The summed E-state index contributed by atoms with van der Waals surface area (Å²) < 4.78 is 29.8. The molecule has 1 unspecified atom stereocenters. The summed E-state index contributed by atoms with van der Waals surface area (Å²) in [6.45, 7) is 1.78. The summed E-state index contributed by atoms with van der Waals surface area (Å²) in [7, 11) is -1.64. The van der Waals surface area contributed by atoms with E-state index in [-0.39, 0.29) is 17.7 Å². The van der Waals surface area contributed by atoms with E-state index in [9.17, 15) is 8.42 Å². The van der Waals surface area contributed by atoms with E-state index in [1.165, 1.54) is 19.7 Å². The van der Waals surface area contributed by atoms with Crippen molar-refractivity contribution >= 4 is 32.6 Å². The first kappa shape index (κ1) is 15.0. The molecule has 2 heterocycles. The third-order valence-electron chi connectivity index (χ3n) is 2.81. The maximum absolute atomic E-state index is 11.5. The average Bonchev–Trinajstić information content (AvgIpc) is 2.74. The molecule has 0 N–H and O–H groups in total. The van der Waals surface area contributed by atoms with E-state index in [0.29, 0.717) is 22.9 Å². The second-order valence-corrected chi connectivity index (χ2v) is 6.98. The fourth-order valence-corrected chi connectivity index (χ4v) is 3.37. The van der Waals surface area contributed by atoms with E-state index in [1.54, 1.807) is 11.5 Å². The molecular formula is C11H15ClN4O3S. The standard InChI is InChI=1S/C11H15ClN4O3S/c1-7(5-20(3,17)18)16-8(4-12)15-9-10(16)13-6-14-11(9)19-2/h6-7H,4-5H2,1-3H3. The Morgan fingerprint density at radius 1 is 1.45 bits per heavy atom. The van der Waals surface area contributed by atoms with E-state index in [0.717, 1.165) is 0 Å². The molecule has 0 spiro atoms. The smallest absolute Gasteiger partial charge is 0.245 e. The van der Waals surface area contributed by atoms with Crippen molar-refractivity contribution in [3.8, 4) is 5.88 Å². The molecule has 2 rings (SSSR count). The molecule has 110 valence electrons. The molecule has 0 aliphatic rings. The largest absolute Gasteiger partial charge is 0.479 e. The fraction of sp³-hybridized carbons (Fsp3) is 0.545. The highest BCUT2D eigenvalue weighted by molar-refractivity contribution is 7.90. The molecule has 1 atom stereocenters. The van der Waals surface area contributed by atoms with Gasteiger partial charge in [0.15, 0.2) is 11.2 Å². The van der Waals surface area contributed by atoms with Gasteiger partial charge in [0, 0.05) is 12.3 Å². The molecule has 0 saturated heterocycles. The molecule has 0 aliphatic heterocycles. The first-order valence-electron chi connectivity index (χ1n) is 5.87. The van der Waals surface area contributed by atoms with Crippen LogP contribution in [0.2, 0.25) is 0 Å². The van der Waals surface area contributed by atoms with Crippen molar-refractivity contribution in [1.82, 2.24) is 19.5 Å². The lowest BCUT2D eigenvalue weighted by Gasteiger charge is -2.15. The van der Waals surface area contributed by atoms with Crippen molar-refractivity contribution in [1.29, 1.82) is 0 Å². The Labute approximate surface area is 121 Å². The highest BCUT2D eigenvalue weighted by atomic mass is 35.5. The SMILES string of the molecule is COc1ncnc2c1nc(CCl)n2C(C)CS(C)(=O)=O. The van der Waals surface area contributed by atoms with Gasteiger partial charge in [-0.15, -0.1) is 11.6 Å². The zero-order chi connectivity index (χ0) is 14.9. The molecule has 2 aromatic rings. The topological polar surface area (TPSA) is 87.0 Å². The van der Waals surface area contributed by atoms with Gasteiger partial charge in [-0.1, -0.05) is 0 Å². The quantitative estimate of drug-likeness (QED) is 0.769. The third kappa shape index (κ3) is 2.85. The maximum Gasteiger partial charge on any atom is 0.245 e. The number of imidazole rings is 1. The second-order valence-electron chi connectivity index (χ2n) is 4.53. The van der Waals surface area contributed by atoms with Crippen LogP contribution in [0, 0.1) is 0 Å². The van der Waals surface area contributed by atoms with Gasteiger partial charge in [0.2, 0.25) is 5.88 Å². The number of aromatic nitrogens is 4. The van der Waals surface area contributed by atoms with Crippen molar-refractivity contribution in [2.45, 2.75) is 18.8 Å². The highest BCUT2D eigenvalue weighted by Crippen LogP contribution is 2.26. The maximum atomic E-state index is 11.5. The Morgan fingerprint density at radius 3 is 2.70 bits per heavy atom. The molecule has 7 nitrogen and oxygen atoms in total. The molecule has 2 aromatic heterocycles. The number of ether oxygens (including phenoxy) is 1. The number of nitrogens with zero attached hydrogens (tertiary/aromatic N) is 4. The van der Waals surface area contributed by atoms with Crippen LogP contribution in [0.3, 0.4) is 0 Å². The molecule has 20 heavy (non-hydrogen) atoms. The Kier molecular flexibility index (Phi) is 4.14. The van der Waals surface area contributed by atoms with Crippen LogP contribution >= 0.6 is 11.6 Å². The third-order valence-corrected chi connectivity index (χ3v) is 4.14. The summed E-state index contributed by atoms with van der Waals surface area (Å²) in [6, 6.07) is -0.330. The van der Waals surface area contributed by atoms with Crippen molar-refractivity contribution < 1.29 is 13.2 Å². The summed E-state index contributed by atoms with van der Waals surface area (Å²) in [5.74, 6) is 1.01. The van der Waals surface area contributed by atoms with E-state index in [2.05, 4.69) is 15.0 Å². The Bertz CT molecular complexity index is 729. The average molecular weight is 319 g/mol. The number of alkyl halides is 1. The van der Waals surface area contributed by atoms with E-state index >= 15 is 0 Å². The van der Waals surface area contributed by atoms with Crippen LogP contribution in [0.15, 0.2) is 6.33 Å². The number of halogens is 1. The van der Waals surface area contributed by atoms with Gasteiger partial charge in [0.25, 0.3) is 0 Å². The lowest BCUT2D eigenvalue weighted by Crippen LogP contribution is -2.18. The number of methoxy groups -OCH3 is 1. The molecular weight excluding hydrogens is 304 g/mol. The van der Waals surface area contributed by atoms with Crippen molar-refractivity contribution in [2.24, 2.45) is 0 Å². The van der Waals surface area contributed by atoms with Gasteiger partial charge in [-0.25, -0.2) is 18.4 Å².